The van der Waals surface area contributed by atoms with Gasteiger partial charge in [-0.25, -0.2) is 22.4 Å². The normalized spacial score (nSPS) is 21.5. The maximum atomic E-state index is 13.2. The molecule has 162 valence electrons. The van der Waals surface area contributed by atoms with Crippen LogP contribution in [0.15, 0.2) is 47.6 Å². The molecule has 9 nitrogen and oxygen atoms in total. The number of aryl methyl sites for hydroxylation is 1. The maximum Gasteiger partial charge on any atom is 0.312 e. The SMILES string of the molecule is Cc1ccc(S(=O)(=O)n2ccc3c(NN4C5CCCC4CC5)c([N+](=O)[O-])cnc32)cc1. The van der Waals surface area contributed by atoms with Gasteiger partial charge in [0, 0.05) is 18.3 Å². The van der Waals surface area contributed by atoms with E-state index in [4.69, 9.17) is 0 Å². The molecule has 0 amide bonds. The van der Waals surface area contributed by atoms with Crippen LogP contribution in [0.4, 0.5) is 11.4 Å². The van der Waals surface area contributed by atoms with Crippen LogP contribution in [0.25, 0.3) is 11.0 Å². The van der Waals surface area contributed by atoms with E-state index >= 15 is 0 Å². The lowest BCUT2D eigenvalue weighted by Gasteiger charge is -2.35. The van der Waals surface area contributed by atoms with Crippen molar-refractivity contribution in [3.63, 3.8) is 0 Å². The number of pyridine rings is 1. The van der Waals surface area contributed by atoms with Gasteiger partial charge < -0.3 is 5.43 Å². The number of nitrogens with one attached hydrogen (secondary N) is 1. The number of nitro groups is 1. The van der Waals surface area contributed by atoms with Crippen molar-refractivity contribution in [1.29, 1.82) is 0 Å². The van der Waals surface area contributed by atoms with Gasteiger partial charge in [-0.15, -0.1) is 0 Å². The summed E-state index contributed by atoms with van der Waals surface area (Å²) in [6.07, 6.45) is 7.92. The number of hydrazine groups is 1. The van der Waals surface area contributed by atoms with Crippen LogP contribution in [0.5, 0.6) is 0 Å². The number of fused-ring (bicyclic) bond motifs is 3. The van der Waals surface area contributed by atoms with Gasteiger partial charge >= 0.3 is 5.69 Å². The Bertz CT molecular complexity index is 1250. The van der Waals surface area contributed by atoms with Crippen molar-refractivity contribution in [2.24, 2.45) is 0 Å². The molecular weight excluding hydrogens is 418 g/mol. The summed E-state index contributed by atoms with van der Waals surface area (Å²) in [5.74, 6) is 0. The van der Waals surface area contributed by atoms with E-state index in [-0.39, 0.29) is 16.2 Å². The highest BCUT2D eigenvalue weighted by Gasteiger charge is 2.38. The molecule has 0 aliphatic carbocycles. The quantitative estimate of drug-likeness (QED) is 0.473. The van der Waals surface area contributed by atoms with Gasteiger partial charge in [0.2, 0.25) is 0 Å². The molecule has 2 aromatic heterocycles. The van der Waals surface area contributed by atoms with E-state index in [0.717, 1.165) is 47.8 Å². The molecule has 0 radical (unpaired) electrons. The van der Waals surface area contributed by atoms with Crippen molar-refractivity contribution in [3.05, 3.63) is 58.4 Å². The lowest BCUT2D eigenvalue weighted by molar-refractivity contribution is -0.384. The van der Waals surface area contributed by atoms with Crippen LogP contribution in [0, 0.1) is 17.0 Å². The zero-order valence-electron chi connectivity index (χ0n) is 17.1. The standard InChI is InChI=1S/C21H23N5O4S/c1-14-5-9-17(10-6-14)31(29,30)24-12-11-18-20(19(26(27)28)13-22-21(18)24)23-25-15-3-2-4-16(25)8-7-15/h5-6,9-13,15-16H,2-4,7-8H2,1H3,(H,22,23). The fraction of sp³-hybridized carbons (Fsp3) is 0.381. The second-order valence-electron chi connectivity index (χ2n) is 8.28. The van der Waals surface area contributed by atoms with Crippen LogP contribution in [-0.2, 0) is 10.0 Å². The van der Waals surface area contributed by atoms with Crippen LogP contribution in [0.3, 0.4) is 0 Å². The van der Waals surface area contributed by atoms with Gasteiger partial charge in [-0.2, -0.15) is 0 Å². The molecule has 0 spiro atoms. The van der Waals surface area contributed by atoms with E-state index in [0.29, 0.717) is 23.2 Å². The van der Waals surface area contributed by atoms with Gasteiger partial charge in [-0.1, -0.05) is 24.1 Å². The van der Waals surface area contributed by atoms with Crippen molar-refractivity contribution in [1.82, 2.24) is 14.0 Å². The zero-order chi connectivity index (χ0) is 21.8. The molecule has 3 aromatic rings. The molecule has 5 rings (SSSR count). The van der Waals surface area contributed by atoms with Crippen LogP contribution in [0.1, 0.15) is 37.7 Å². The fourth-order valence-electron chi connectivity index (χ4n) is 4.75. The predicted octanol–water partition coefficient (Wildman–Crippen LogP) is 3.83. The molecule has 2 unspecified atom stereocenters. The largest absolute Gasteiger partial charge is 0.312 e. The second-order valence-corrected chi connectivity index (χ2v) is 10.1. The number of hydrogen-bond acceptors (Lipinski definition) is 7. The third kappa shape index (κ3) is 3.26. The first-order valence-corrected chi connectivity index (χ1v) is 11.8. The minimum atomic E-state index is -3.89. The summed E-state index contributed by atoms with van der Waals surface area (Å²) in [6, 6.07) is 8.81. The highest BCUT2D eigenvalue weighted by Crippen LogP contribution is 2.39. The van der Waals surface area contributed by atoms with Crippen LogP contribution < -0.4 is 5.43 Å². The molecule has 2 saturated heterocycles. The molecule has 2 aliphatic heterocycles. The number of nitrogens with zero attached hydrogens (tertiary/aromatic N) is 4. The third-order valence-corrected chi connectivity index (χ3v) is 8.05. The van der Waals surface area contributed by atoms with Gasteiger partial charge in [-0.3, -0.25) is 10.1 Å². The minimum absolute atomic E-state index is 0.138. The van der Waals surface area contributed by atoms with E-state index in [9.17, 15) is 18.5 Å². The second kappa shape index (κ2) is 7.31. The van der Waals surface area contributed by atoms with E-state index in [1.165, 1.54) is 6.20 Å². The Kier molecular flexibility index (Phi) is 4.71. The molecule has 2 atom stereocenters. The zero-order valence-corrected chi connectivity index (χ0v) is 17.9. The number of benzene rings is 1. The smallest absolute Gasteiger partial charge is 0.312 e. The Hall–Kier alpha value is -2.98. The summed E-state index contributed by atoms with van der Waals surface area (Å²) < 4.78 is 27.5. The highest BCUT2D eigenvalue weighted by atomic mass is 32.2. The molecule has 31 heavy (non-hydrogen) atoms. The van der Waals surface area contributed by atoms with Gasteiger partial charge in [0.15, 0.2) is 5.65 Å². The van der Waals surface area contributed by atoms with Crippen LogP contribution in [0.2, 0.25) is 0 Å². The lowest BCUT2D eigenvalue weighted by Crippen LogP contribution is -2.43. The number of rotatable bonds is 5. The summed E-state index contributed by atoms with van der Waals surface area (Å²) in [5, 5.41) is 14.3. The molecule has 2 aliphatic rings. The maximum absolute atomic E-state index is 13.2. The average Bonchev–Trinajstić information content (AvgIpc) is 3.26. The average molecular weight is 442 g/mol. The van der Waals surface area contributed by atoms with Crippen molar-refractivity contribution in [2.45, 2.75) is 56.0 Å². The van der Waals surface area contributed by atoms with Crippen LogP contribution >= 0.6 is 0 Å². The molecule has 2 fully saturated rings. The van der Waals surface area contributed by atoms with Crippen molar-refractivity contribution in [3.8, 4) is 0 Å². The Labute approximate surface area is 179 Å². The topological polar surface area (TPSA) is 110 Å². The molecule has 2 bridgehead atoms. The van der Waals surface area contributed by atoms with Crippen molar-refractivity contribution in [2.75, 3.05) is 5.43 Å². The number of piperidine rings is 1. The molecule has 0 saturated carbocycles. The first-order valence-electron chi connectivity index (χ1n) is 10.4. The number of aromatic nitrogens is 2. The Morgan fingerprint density at radius 1 is 1.10 bits per heavy atom. The molecule has 1 aromatic carbocycles. The molecular formula is C21H23N5O4S. The van der Waals surface area contributed by atoms with Gasteiger partial charge in [0.05, 0.1) is 15.2 Å². The highest BCUT2D eigenvalue weighted by molar-refractivity contribution is 7.90. The fourth-order valence-corrected chi connectivity index (χ4v) is 6.06. The number of anilines is 1. The summed E-state index contributed by atoms with van der Waals surface area (Å²) in [7, 11) is -3.89. The molecule has 1 N–H and O–H groups in total. The summed E-state index contributed by atoms with van der Waals surface area (Å²) in [4.78, 5) is 15.5. The molecule has 4 heterocycles. The number of hydrogen-bond donors (Lipinski definition) is 1. The van der Waals surface area contributed by atoms with Gasteiger partial charge in [-0.05, 0) is 50.8 Å². The Morgan fingerprint density at radius 3 is 2.42 bits per heavy atom. The lowest BCUT2D eigenvalue weighted by atomic mass is 10.1. The van der Waals surface area contributed by atoms with E-state index in [1.807, 2.05) is 6.92 Å². The van der Waals surface area contributed by atoms with E-state index < -0.39 is 14.9 Å². The van der Waals surface area contributed by atoms with E-state index in [2.05, 4.69) is 15.4 Å². The Morgan fingerprint density at radius 2 is 1.77 bits per heavy atom. The first kappa shape index (κ1) is 20.0. The van der Waals surface area contributed by atoms with Gasteiger partial charge in [0.25, 0.3) is 10.0 Å². The molecule has 10 heteroatoms. The summed E-state index contributed by atoms with van der Waals surface area (Å²) >= 11 is 0. The summed E-state index contributed by atoms with van der Waals surface area (Å²) in [6.45, 7) is 1.88. The van der Waals surface area contributed by atoms with E-state index in [1.54, 1.807) is 30.3 Å². The van der Waals surface area contributed by atoms with Crippen molar-refractivity contribution < 1.29 is 13.3 Å². The monoisotopic (exact) mass is 441 g/mol. The van der Waals surface area contributed by atoms with Crippen LogP contribution in [-0.4, -0.2) is 39.4 Å². The minimum Gasteiger partial charge on any atom is -0.312 e. The third-order valence-electron chi connectivity index (χ3n) is 6.37. The Balaban J connectivity index is 1.62. The first-order chi connectivity index (χ1) is 14.9. The van der Waals surface area contributed by atoms with Gasteiger partial charge in [0.1, 0.15) is 11.9 Å². The predicted molar refractivity (Wildman–Crippen MR) is 116 cm³/mol. The summed E-state index contributed by atoms with van der Waals surface area (Å²) in [5.41, 5.74) is 4.54. The van der Waals surface area contributed by atoms with Crippen molar-refractivity contribution >= 4 is 32.4 Å².